The molecule has 0 radical (unpaired) electrons. The molecular formula is C14H20FNO. The molecule has 1 saturated heterocycles. The Morgan fingerprint density at radius 2 is 1.88 bits per heavy atom. The number of ether oxygens (including phenoxy) is 1. The first-order chi connectivity index (χ1) is 7.97. The highest BCUT2D eigenvalue weighted by molar-refractivity contribution is 5.29. The first kappa shape index (κ1) is 12.5. The Labute approximate surface area is 102 Å². The van der Waals surface area contributed by atoms with Crippen molar-refractivity contribution < 1.29 is 9.13 Å². The van der Waals surface area contributed by atoms with Crippen LogP contribution in [0.2, 0.25) is 0 Å². The van der Waals surface area contributed by atoms with Gasteiger partial charge in [-0.3, -0.25) is 0 Å². The van der Waals surface area contributed by atoms with Gasteiger partial charge in [0, 0.05) is 5.41 Å². The summed E-state index contributed by atoms with van der Waals surface area (Å²) in [6, 6.07) is 6.77. The average molecular weight is 237 g/mol. The maximum atomic E-state index is 12.9. The van der Waals surface area contributed by atoms with E-state index in [0.717, 1.165) is 12.0 Å². The predicted octanol–water partition coefficient (Wildman–Crippen LogP) is 2.47. The Morgan fingerprint density at radius 3 is 2.29 bits per heavy atom. The molecule has 2 nitrogen and oxygen atoms in total. The lowest BCUT2D eigenvalue weighted by Gasteiger charge is -2.46. The van der Waals surface area contributed by atoms with E-state index in [1.54, 1.807) is 0 Å². The van der Waals surface area contributed by atoms with Gasteiger partial charge < -0.3 is 10.5 Å². The average Bonchev–Trinajstić information content (AvgIpc) is 2.25. The molecule has 3 heteroatoms. The summed E-state index contributed by atoms with van der Waals surface area (Å²) in [5.74, 6) is -0.192. The standard InChI is InChI=1S/C14H20FNO/c1-13(2,8-16)7-14(9-17-10-14)11-3-5-12(15)6-4-11/h3-6H,7-10,16H2,1-2H3. The molecule has 1 aromatic rings. The smallest absolute Gasteiger partial charge is 0.123 e. The second-order valence-corrected chi connectivity index (χ2v) is 5.83. The topological polar surface area (TPSA) is 35.2 Å². The van der Waals surface area contributed by atoms with E-state index in [0.29, 0.717) is 19.8 Å². The van der Waals surface area contributed by atoms with Gasteiger partial charge in [0.25, 0.3) is 0 Å². The Bertz CT molecular complexity index is 382. The minimum atomic E-state index is -0.192. The molecule has 0 unspecified atom stereocenters. The summed E-state index contributed by atoms with van der Waals surface area (Å²) in [7, 11) is 0. The van der Waals surface area contributed by atoms with Crippen LogP contribution in [0.15, 0.2) is 24.3 Å². The highest BCUT2D eigenvalue weighted by Crippen LogP contribution is 2.42. The highest BCUT2D eigenvalue weighted by atomic mass is 19.1. The summed E-state index contributed by atoms with van der Waals surface area (Å²) in [6.07, 6.45) is 0.974. The first-order valence-corrected chi connectivity index (χ1v) is 6.01. The van der Waals surface area contributed by atoms with Crippen LogP contribution in [0, 0.1) is 11.2 Å². The maximum Gasteiger partial charge on any atom is 0.123 e. The Hall–Kier alpha value is -0.930. The predicted molar refractivity (Wildman–Crippen MR) is 66.3 cm³/mol. The number of halogens is 1. The molecule has 1 aromatic carbocycles. The van der Waals surface area contributed by atoms with E-state index in [-0.39, 0.29) is 16.6 Å². The van der Waals surface area contributed by atoms with Crippen molar-refractivity contribution in [2.75, 3.05) is 19.8 Å². The van der Waals surface area contributed by atoms with Crippen LogP contribution in [0.4, 0.5) is 4.39 Å². The van der Waals surface area contributed by atoms with Crippen molar-refractivity contribution in [3.05, 3.63) is 35.6 Å². The minimum absolute atomic E-state index is 0.0244. The maximum absolute atomic E-state index is 12.9. The van der Waals surface area contributed by atoms with Gasteiger partial charge in [0.2, 0.25) is 0 Å². The molecule has 2 N–H and O–H groups in total. The zero-order valence-corrected chi connectivity index (χ0v) is 10.5. The third kappa shape index (κ3) is 2.50. The number of benzene rings is 1. The van der Waals surface area contributed by atoms with Crippen LogP contribution in [0.5, 0.6) is 0 Å². The first-order valence-electron chi connectivity index (χ1n) is 6.01. The molecule has 1 heterocycles. The lowest BCUT2D eigenvalue weighted by molar-refractivity contribution is -0.0786. The van der Waals surface area contributed by atoms with Gasteiger partial charge in [-0.2, -0.15) is 0 Å². The van der Waals surface area contributed by atoms with Crippen molar-refractivity contribution in [1.82, 2.24) is 0 Å². The quantitative estimate of drug-likeness (QED) is 0.873. The third-order valence-electron chi connectivity index (χ3n) is 3.58. The molecule has 0 aromatic heterocycles. The van der Waals surface area contributed by atoms with Gasteiger partial charge in [0.15, 0.2) is 0 Å². The summed E-state index contributed by atoms with van der Waals surface area (Å²) in [5.41, 5.74) is 7.06. The van der Waals surface area contributed by atoms with E-state index in [4.69, 9.17) is 10.5 Å². The third-order valence-corrected chi connectivity index (χ3v) is 3.58. The lowest BCUT2D eigenvalue weighted by Crippen LogP contribution is -2.50. The largest absolute Gasteiger partial charge is 0.379 e. The number of hydrogen-bond donors (Lipinski definition) is 1. The van der Waals surface area contributed by atoms with Gasteiger partial charge in [0.1, 0.15) is 5.82 Å². The van der Waals surface area contributed by atoms with E-state index in [1.165, 1.54) is 12.1 Å². The molecule has 1 fully saturated rings. The minimum Gasteiger partial charge on any atom is -0.379 e. The van der Waals surface area contributed by atoms with Gasteiger partial charge >= 0.3 is 0 Å². The monoisotopic (exact) mass is 237 g/mol. The van der Waals surface area contributed by atoms with E-state index in [9.17, 15) is 4.39 Å². The number of hydrogen-bond acceptors (Lipinski definition) is 2. The van der Waals surface area contributed by atoms with Gasteiger partial charge in [-0.15, -0.1) is 0 Å². The zero-order chi connectivity index (χ0) is 12.5. The highest BCUT2D eigenvalue weighted by Gasteiger charge is 2.43. The zero-order valence-electron chi connectivity index (χ0n) is 10.5. The van der Waals surface area contributed by atoms with E-state index >= 15 is 0 Å². The van der Waals surface area contributed by atoms with Gasteiger partial charge in [-0.05, 0) is 36.1 Å². The van der Waals surface area contributed by atoms with Crippen LogP contribution in [-0.4, -0.2) is 19.8 Å². The van der Waals surface area contributed by atoms with E-state index < -0.39 is 0 Å². The van der Waals surface area contributed by atoms with Gasteiger partial charge in [-0.1, -0.05) is 26.0 Å². The summed E-state index contributed by atoms with van der Waals surface area (Å²) < 4.78 is 18.3. The van der Waals surface area contributed by atoms with Crippen LogP contribution in [0.1, 0.15) is 25.8 Å². The molecule has 0 spiro atoms. The molecule has 1 aliphatic rings. The van der Waals surface area contributed by atoms with Crippen LogP contribution in [-0.2, 0) is 10.2 Å². The second-order valence-electron chi connectivity index (χ2n) is 5.83. The van der Waals surface area contributed by atoms with Crippen LogP contribution < -0.4 is 5.73 Å². The Kier molecular flexibility index (Phi) is 3.23. The van der Waals surface area contributed by atoms with Crippen molar-refractivity contribution in [3.63, 3.8) is 0 Å². The van der Waals surface area contributed by atoms with E-state index in [2.05, 4.69) is 13.8 Å². The number of nitrogens with two attached hydrogens (primary N) is 1. The molecule has 0 aliphatic carbocycles. The van der Waals surface area contributed by atoms with E-state index in [1.807, 2.05) is 12.1 Å². The molecule has 17 heavy (non-hydrogen) atoms. The summed E-state index contributed by atoms with van der Waals surface area (Å²) >= 11 is 0. The Morgan fingerprint density at radius 1 is 1.29 bits per heavy atom. The van der Waals surface area contributed by atoms with Crippen LogP contribution in [0.25, 0.3) is 0 Å². The molecule has 94 valence electrons. The van der Waals surface area contributed by atoms with Gasteiger partial charge in [0.05, 0.1) is 13.2 Å². The van der Waals surface area contributed by atoms with Crippen molar-refractivity contribution in [2.45, 2.75) is 25.7 Å². The molecule has 0 bridgehead atoms. The van der Waals surface area contributed by atoms with Crippen molar-refractivity contribution >= 4 is 0 Å². The fourth-order valence-corrected chi connectivity index (χ4v) is 2.51. The molecule has 1 aliphatic heterocycles. The number of rotatable bonds is 4. The summed E-state index contributed by atoms with van der Waals surface area (Å²) in [6.45, 7) is 6.40. The van der Waals surface area contributed by atoms with Crippen molar-refractivity contribution in [1.29, 1.82) is 0 Å². The molecular weight excluding hydrogens is 217 g/mol. The summed E-state index contributed by atoms with van der Waals surface area (Å²) in [4.78, 5) is 0. The molecule has 2 rings (SSSR count). The van der Waals surface area contributed by atoms with Crippen molar-refractivity contribution in [2.24, 2.45) is 11.1 Å². The van der Waals surface area contributed by atoms with Crippen LogP contribution in [0.3, 0.4) is 0 Å². The SMILES string of the molecule is CC(C)(CN)CC1(c2ccc(F)cc2)COC1. The molecule has 0 saturated carbocycles. The summed E-state index contributed by atoms with van der Waals surface area (Å²) in [5, 5.41) is 0. The van der Waals surface area contributed by atoms with Crippen LogP contribution >= 0.6 is 0 Å². The second kappa shape index (κ2) is 4.39. The fourth-order valence-electron chi connectivity index (χ4n) is 2.51. The lowest BCUT2D eigenvalue weighted by atomic mass is 9.68. The Balaban J connectivity index is 2.23. The fraction of sp³-hybridized carbons (Fsp3) is 0.571. The van der Waals surface area contributed by atoms with Gasteiger partial charge in [-0.25, -0.2) is 4.39 Å². The normalized spacial score (nSPS) is 18.8. The molecule has 0 atom stereocenters. The van der Waals surface area contributed by atoms with Crippen molar-refractivity contribution in [3.8, 4) is 0 Å². The molecule has 0 amide bonds.